The molecule has 1 aromatic carbocycles. The van der Waals surface area contributed by atoms with Crippen LogP contribution in [-0.2, 0) is 9.84 Å². The van der Waals surface area contributed by atoms with Crippen LogP contribution in [0.4, 0.5) is 0 Å². The van der Waals surface area contributed by atoms with Gasteiger partial charge in [-0.1, -0.05) is 12.1 Å². The number of hydrogen-bond acceptors (Lipinski definition) is 4. The minimum Gasteiger partial charge on any atom is -0.423 e. The summed E-state index contributed by atoms with van der Waals surface area (Å²) in [4.78, 5) is 0.176. The molecule has 0 spiro atoms. The van der Waals surface area contributed by atoms with Gasteiger partial charge < -0.3 is 10.0 Å². The first-order valence-corrected chi connectivity index (χ1v) is 6.26. The molecule has 2 N–H and O–H groups in total. The van der Waals surface area contributed by atoms with Crippen LogP contribution < -0.4 is 5.46 Å². The van der Waals surface area contributed by atoms with E-state index in [2.05, 4.69) is 0 Å². The van der Waals surface area contributed by atoms with Crippen LogP contribution in [0.25, 0.3) is 0 Å². The molecule has 15 heavy (non-hydrogen) atoms. The molecule has 80 valence electrons. The lowest BCUT2D eigenvalue weighted by Gasteiger charge is -2.04. The molecule has 2 rings (SSSR count). The SMILES string of the molecule is O=S(=O)(c1cccc(B(O)O)c1)C1CC1. The molecule has 1 fully saturated rings. The van der Waals surface area contributed by atoms with Crippen molar-refractivity contribution in [3.63, 3.8) is 0 Å². The van der Waals surface area contributed by atoms with Crippen molar-refractivity contribution in [1.82, 2.24) is 0 Å². The second kappa shape index (κ2) is 3.62. The summed E-state index contributed by atoms with van der Waals surface area (Å²) in [5, 5.41) is 17.6. The van der Waals surface area contributed by atoms with Crippen molar-refractivity contribution in [3.8, 4) is 0 Å². The van der Waals surface area contributed by atoms with Gasteiger partial charge in [0.15, 0.2) is 9.84 Å². The molecule has 4 nitrogen and oxygen atoms in total. The van der Waals surface area contributed by atoms with Crippen molar-refractivity contribution in [2.45, 2.75) is 23.0 Å². The highest BCUT2D eigenvalue weighted by atomic mass is 32.2. The van der Waals surface area contributed by atoms with Crippen LogP contribution in [0.15, 0.2) is 29.2 Å². The van der Waals surface area contributed by atoms with Gasteiger partial charge in [-0.05, 0) is 30.4 Å². The fraction of sp³-hybridized carbons (Fsp3) is 0.333. The molecular formula is C9H11BO4S. The van der Waals surface area contributed by atoms with Crippen molar-refractivity contribution in [3.05, 3.63) is 24.3 Å². The summed E-state index contributed by atoms with van der Waals surface area (Å²) in [5.74, 6) is 0. The average molecular weight is 226 g/mol. The van der Waals surface area contributed by atoms with Crippen molar-refractivity contribution in [2.24, 2.45) is 0 Å². The Kier molecular flexibility index (Phi) is 2.58. The molecule has 0 unspecified atom stereocenters. The quantitative estimate of drug-likeness (QED) is 0.668. The van der Waals surface area contributed by atoms with Gasteiger partial charge in [-0.25, -0.2) is 8.42 Å². The first kappa shape index (κ1) is 10.7. The summed E-state index contributed by atoms with van der Waals surface area (Å²) >= 11 is 0. The van der Waals surface area contributed by atoms with E-state index in [1.54, 1.807) is 0 Å². The predicted molar refractivity (Wildman–Crippen MR) is 56.5 cm³/mol. The minimum absolute atomic E-state index is 0.176. The van der Waals surface area contributed by atoms with Crippen LogP contribution in [0.2, 0.25) is 0 Å². The highest BCUT2D eigenvalue weighted by molar-refractivity contribution is 7.92. The van der Waals surface area contributed by atoms with Crippen molar-refractivity contribution in [1.29, 1.82) is 0 Å². The van der Waals surface area contributed by atoms with E-state index >= 15 is 0 Å². The van der Waals surface area contributed by atoms with Crippen LogP contribution in [0, 0.1) is 0 Å². The third-order valence-electron chi connectivity index (χ3n) is 2.45. The summed E-state index contributed by atoms with van der Waals surface area (Å²) < 4.78 is 23.6. The van der Waals surface area contributed by atoms with Gasteiger partial charge in [0.25, 0.3) is 0 Å². The lowest BCUT2D eigenvalue weighted by Crippen LogP contribution is -2.30. The van der Waals surface area contributed by atoms with Gasteiger partial charge in [0, 0.05) is 0 Å². The molecule has 1 saturated carbocycles. The lowest BCUT2D eigenvalue weighted by molar-refractivity contribution is 0.425. The zero-order valence-corrected chi connectivity index (χ0v) is 8.81. The fourth-order valence-corrected chi connectivity index (χ4v) is 3.13. The normalized spacial score (nSPS) is 16.4. The lowest BCUT2D eigenvalue weighted by atomic mass is 9.80. The Morgan fingerprint density at radius 3 is 2.47 bits per heavy atom. The zero-order chi connectivity index (χ0) is 11.1. The zero-order valence-electron chi connectivity index (χ0n) is 8.00. The Morgan fingerprint density at radius 1 is 1.27 bits per heavy atom. The van der Waals surface area contributed by atoms with Gasteiger partial charge in [0.05, 0.1) is 10.1 Å². The molecule has 0 radical (unpaired) electrons. The second-order valence-electron chi connectivity index (χ2n) is 3.69. The standard InChI is InChI=1S/C9H11BO4S/c11-10(12)7-2-1-3-9(6-7)15(13,14)8-4-5-8/h1-3,6,8,11-12H,4-5H2. The van der Waals surface area contributed by atoms with Crippen LogP contribution in [0.1, 0.15) is 12.8 Å². The maximum absolute atomic E-state index is 11.8. The summed E-state index contributed by atoms with van der Waals surface area (Å²) in [6.45, 7) is 0. The van der Waals surface area contributed by atoms with E-state index in [1.165, 1.54) is 24.3 Å². The van der Waals surface area contributed by atoms with Crippen molar-refractivity contribution in [2.75, 3.05) is 0 Å². The molecule has 1 aliphatic carbocycles. The van der Waals surface area contributed by atoms with Gasteiger partial charge in [-0.2, -0.15) is 0 Å². The summed E-state index contributed by atoms with van der Waals surface area (Å²) in [6.07, 6.45) is 1.41. The van der Waals surface area contributed by atoms with Gasteiger partial charge in [0.2, 0.25) is 0 Å². The fourth-order valence-electron chi connectivity index (χ4n) is 1.42. The Morgan fingerprint density at radius 2 is 1.93 bits per heavy atom. The molecule has 0 atom stereocenters. The minimum atomic E-state index is -3.24. The molecule has 0 amide bonds. The Hall–Kier alpha value is -0.845. The molecule has 1 aliphatic rings. The largest absolute Gasteiger partial charge is 0.488 e. The van der Waals surface area contributed by atoms with Gasteiger partial charge >= 0.3 is 7.12 Å². The second-order valence-corrected chi connectivity index (χ2v) is 5.92. The molecule has 0 saturated heterocycles. The average Bonchev–Trinajstić information content (AvgIpc) is 3.01. The van der Waals surface area contributed by atoms with E-state index in [4.69, 9.17) is 10.0 Å². The molecule has 6 heteroatoms. The van der Waals surface area contributed by atoms with Crippen LogP contribution in [0.3, 0.4) is 0 Å². The van der Waals surface area contributed by atoms with Gasteiger partial charge in [-0.15, -0.1) is 0 Å². The number of sulfone groups is 1. The van der Waals surface area contributed by atoms with E-state index in [1.807, 2.05) is 0 Å². The number of hydrogen-bond donors (Lipinski definition) is 2. The molecule has 0 aliphatic heterocycles. The monoisotopic (exact) mass is 226 g/mol. The highest BCUT2D eigenvalue weighted by Crippen LogP contribution is 2.32. The van der Waals surface area contributed by atoms with Crippen LogP contribution in [-0.4, -0.2) is 30.8 Å². The molecule has 0 heterocycles. The summed E-state index contributed by atoms with van der Waals surface area (Å²) in [7, 11) is -4.87. The van der Waals surface area contributed by atoms with Gasteiger partial charge in [0.1, 0.15) is 0 Å². The smallest absolute Gasteiger partial charge is 0.423 e. The van der Waals surface area contributed by atoms with E-state index in [0.29, 0.717) is 12.8 Å². The maximum atomic E-state index is 11.8. The van der Waals surface area contributed by atoms with E-state index < -0.39 is 17.0 Å². The Balaban J connectivity index is 2.40. The molecular weight excluding hydrogens is 215 g/mol. The van der Waals surface area contributed by atoms with Gasteiger partial charge in [-0.3, -0.25) is 0 Å². The molecule has 1 aromatic rings. The van der Waals surface area contributed by atoms with E-state index in [-0.39, 0.29) is 15.6 Å². The first-order valence-electron chi connectivity index (χ1n) is 4.72. The third-order valence-corrected chi connectivity index (χ3v) is 4.71. The number of benzene rings is 1. The van der Waals surface area contributed by atoms with Crippen molar-refractivity contribution < 1.29 is 18.5 Å². The third kappa shape index (κ3) is 2.06. The first-order chi connectivity index (χ1) is 7.01. The van der Waals surface area contributed by atoms with E-state index in [9.17, 15) is 8.42 Å². The summed E-state index contributed by atoms with van der Waals surface area (Å²) in [5.41, 5.74) is 0.205. The Labute approximate surface area is 88.6 Å². The van der Waals surface area contributed by atoms with Crippen LogP contribution >= 0.6 is 0 Å². The topological polar surface area (TPSA) is 74.6 Å². The highest BCUT2D eigenvalue weighted by Gasteiger charge is 2.37. The van der Waals surface area contributed by atoms with Crippen molar-refractivity contribution >= 4 is 22.4 Å². The Bertz CT molecular complexity index is 465. The predicted octanol–water partition coefficient (Wildman–Crippen LogP) is -0.698. The summed E-state index contributed by atoms with van der Waals surface area (Å²) in [6, 6.07) is 5.80. The van der Waals surface area contributed by atoms with E-state index in [0.717, 1.165) is 0 Å². The molecule has 0 bridgehead atoms. The molecule has 0 aromatic heterocycles. The number of rotatable bonds is 3. The maximum Gasteiger partial charge on any atom is 0.488 e. The van der Waals surface area contributed by atoms with Crippen LogP contribution in [0.5, 0.6) is 0 Å².